The molecule has 0 unspecified atom stereocenters. The first kappa shape index (κ1) is 18.9. The van der Waals surface area contributed by atoms with Crippen molar-refractivity contribution in [1.82, 2.24) is 0 Å². The summed E-state index contributed by atoms with van der Waals surface area (Å²) in [4.78, 5) is 2.31. The normalized spacial score (nSPS) is 14.1. The maximum absolute atomic E-state index is 5.32. The summed E-state index contributed by atoms with van der Waals surface area (Å²) >= 11 is 0. The molecular formula is C25H25N3O. The van der Waals surface area contributed by atoms with E-state index in [1.807, 2.05) is 12.1 Å². The number of benzene rings is 3. The standard InChI is InChI=1S/C25H25N3O/c1-18-4-8-20(9-5-18)24-16-28(22-12-14-23(29-3)15-13-22)17-25(27-26-24)21-10-6-19(2)7-11-21/h4-15H,16-17H2,1-3H3. The predicted molar refractivity (Wildman–Crippen MR) is 121 cm³/mol. The van der Waals surface area contributed by atoms with Crippen molar-refractivity contribution < 1.29 is 4.74 Å². The third-order valence-corrected chi connectivity index (χ3v) is 5.18. The van der Waals surface area contributed by atoms with Crippen molar-refractivity contribution in [2.45, 2.75) is 13.8 Å². The van der Waals surface area contributed by atoms with Gasteiger partial charge in [-0.25, -0.2) is 0 Å². The molecule has 0 aliphatic carbocycles. The van der Waals surface area contributed by atoms with E-state index in [0.29, 0.717) is 13.1 Å². The van der Waals surface area contributed by atoms with Crippen LogP contribution in [0.15, 0.2) is 83.0 Å². The molecule has 0 spiro atoms. The molecule has 0 N–H and O–H groups in total. The minimum absolute atomic E-state index is 0.689. The lowest BCUT2D eigenvalue weighted by Gasteiger charge is -2.24. The lowest BCUT2D eigenvalue weighted by Crippen LogP contribution is -2.33. The molecule has 4 heteroatoms. The van der Waals surface area contributed by atoms with Gasteiger partial charge in [0.2, 0.25) is 0 Å². The summed E-state index contributed by atoms with van der Waals surface area (Å²) in [6.07, 6.45) is 0. The van der Waals surface area contributed by atoms with Crippen LogP contribution >= 0.6 is 0 Å². The fourth-order valence-electron chi connectivity index (χ4n) is 3.37. The van der Waals surface area contributed by atoms with Crippen LogP contribution in [0.3, 0.4) is 0 Å². The molecule has 1 aliphatic heterocycles. The van der Waals surface area contributed by atoms with E-state index in [0.717, 1.165) is 34.0 Å². The second kappa shape index (κ2) is 8.31. The Morgan fingerprint density at radius 2 is 1.10 bits per heavy atom. The fourth-order valence-corrected chi connectivity index (χ4v) is 3.37. The second-order valence-corrected chi connectivity index (χ2v) is 7.38. The van der Waals surface area contributed by atoms with Crippen LogP contribution in [0, 0.1) is 13.8 Å². The molecule has 0 bridgehead atoms. The average Bonchev–Trinajstić information content (AvgIpc) is 2.98. The Kier molecular flexibility index (Phi) is 5.43. The monoisotopic (exact) mass is 383 g/mol. The SMILES string of the molecule is COc1ccc(N2CC(c3ccc(C)cc3)=NN=C(c3ccc(C)cc3)C2)cc1. The van der Waals surface area contributed by atoms with Gasteiger partial charge in [-0.15, -0.1) is 0 Å². The van der Waals surface area contributed by atoms with Crippen LogP contribution in [0.5, 0.6) is 5.75 Å². The zero-order chi connectivity index (χ0) is 20.2. The Bertz CT molecular complexity index is 969. The molecule has 4 rings (SSSR count). The van der Waals surface area contributed by atoms with Gasteiger partial charge >= 0.3 is 0 Å². The summed E-state index contributed by atoms with van der Waals surface area (Å²) in [6, 6.07) is 25.1. The summed E-state index contributed by atoms with van der Waals surface area (Å²) in [5, 5.41) is 9.30. The van der Waals surface area contributed by atoms with E-state index < -0.39 is 0 Å². The molecule has 0 radical (unpaired) electrons. The molecule has 29 heavy (non-hydrogen) atoms. The third kappa shape index (κ3) is 4.37. The molecule has 0 saturated carbocycles. The zero-order valence-electron chi connectivity index (χ0n) is 17.1. The number of hydrogen-bond donors (Lipinski definition) is 0. The molecular weight excluding hydrogens is 358 g/mol. The summed E-state index contributed by atoms with van der Waals surface area (Å²) in [5.41, 5.74) is 7.71. The van der Waals surface area contributed by atoms with Crippen LogP contribution in [0.4, 0.5) is 5.69 Å². The van der Waals surface area contributed by atoms with E-state index in [-0.39, 0.29) is 0 Å². The lowest BCUT2D eigenvalue weighted by atomic mass is 10.1. The number of aryl methyl sites for hydroxylation is 2. The number of methoxy groups -OCH3 is 1. The van der Waals surface area contributed by atoms with Crippen molar-refractivity contribution in [2.24, 2.45) is 10.2 Å². The Labute approximate surface area is 172 Å². The van der Waals surface area contributed by atoms with Crippen LogP contribution in [0.1, 0.15) is 22.3 Å². The van der Waals surface area contributed by atoms with Crippen molar-refractivity contribution in [3.63, 3.8) is 0 Å². The molecule has 3 aromatic rings. The summed E-state index contributed by atoms with van der Waals surface area (Å²) in [6.45, 7) is 5.56. The average molecular weight is 383 g/mol. The highest BCUT2D eigenvalue weighted by molar-refractivity contribution is 6.09. The van der Waals surface area contributed by atoms with E-state index in [9.17, 15) is 0 Å². The first-order valence-corrected chi connectivity index (χ1v) is 9.79. The van der Waals surface area contributed by atoms with Crippen LogP contribution in [-0.2, 0) is 0 Å². The summed E-state index contributed by atoms with van der Waals surface area (Å²) in [7, 11) is 1.69. The van der Waals surface area contributed by atoms with Gasteiger partial charge in [-0.2, -0.15) is 10.2 Å². The van der Waals surface area contributed by atoms with Gasteiger partial charge in [-0.1, -0.05) is 59.7 Å². The second-order valence-electron chi connectivity index (χ2n) is 7.38. The predicted octanol–water partition coefficient (Wildman–Crippen LogP) is 5.03. The van der Waals surface area contributed by atoms with Gasteiger partial charge in [0, 0.05) is 5.69 Å². The van der Waals surface area contributed by atoms with E-state index in [1.165, 1.54) is 11.1 Å². The quantitative estimate of drug-likeness (QED) is 0.634. The third-order valence-electron chi connectivity index (χ3n) is 5.18. The summed E-state index contributed by atoms with van der Waals surface area (Å²) < 4.78 is 5.32. The fraction of sp³-hybridized carbons (Fsp3) is 0.200. The van der Waals surface area contributed by atoms with Crippen molar-refractivity contribution in [3.05, 3.63) is 95.1 Å². The smallest absolute Gasteiger partial charge is 0.119 e. The molecule has 0 fully saturated rings. The van der Waals surface area contributed by atoms with Gasteiger partial charge in [-0.3, -0.25) is 0 Å². The highest BCUT2D eigenvalue weighted by Gasteiger charge is 2.19. The van der Waals surface area contributed by atoms with E-state index in [4.69, 9.17) is 4.74 Å². The van der Waals surface area contributed by atoms with Gasteiger partial charge in [0.15, 0.2) is 0 Å². The van der Waals surface area contributed by atoms with Crippen molar-refractivity contribution in [1.29, 1.82) is 0 Å². The Morgan fingerprint density at radius 1 is 0.655 bits per heavy atom. The minimum atomic E-state index is 0.689. The lowest BCUT2D eigenvalue weighted by molar-refractivity contribution is 0.415. The Balaban J connectivity index is 1.73. The van der Waals surface area contributed by atoms with Crippen LogP contribution in [0.25, 0.3) is 0 Å². The highest BCUT2D eigenvalue weighted by Crippen LogP contribution is 2.22. The maximum atomic E-state index is 5.32. The van der Waals surface area contributed by atoms with Gasteiger partial charge in [0.1, 0.15) is 5.75 Å². The first-order valence-electron chi connectivity index (χ1n) is 9.79. The molecule has 0 aromatic heterocycles. The van der Waals surface area contributed by atoms with Crippen LogP contribution in [-0.4, -0.2) is 31.6 Å². The van der Waals surface area contributed by atoms with Crippen molar-refractivity contribution in [3.8, 4) is 5.75 Å². The zero-order valence-corrected chi connectivity index (χ0v) is 17.1. The Hall–Kier alpha value is -3.40. The molecule has 1 heterocycles. The molecule has 1 aliphatic rings. The molecule has 4 nitrogen and oxygen atoms in total. The largest absolute Gasteiger partial charge is 0.497 e. The van der Waals surface area contributed by atoms with Crippen molar-refractivity contribution in [2.75, 3.05) is 25.1 Å². The van der Waals surface area contributed by atoms with Crippen LogP contribution < -0.4 is 9.64 Å². The molecule has 0 amide bonds. The van der Waals surface area contributed by atoms with E-state index in [2.05, 4.69) is 89.6 Å². The van der Waals surface area contributed by atoms with Gasteiger partial charge < -0.3 is 9.64 Å². The number of anilines is 1. The minimum Gasteiger partial charge on any atom is -0.497 e. The molecule has 146 valence electrons. The number of nitrogens with zero attached hydrogens (tertiary/aromatic N) is 3. The number of hydrogen-bond acceptors (Lipinski definition) is 4. The topological polar surface area (TPSA) is 37.2 Å². The van der Waals surface area contributed by atoms with Crippen molar-refractivity contribution >= 4 is 17.1 Å². The molecule has 0 saturated heterocycles. The van der Waals surface area contributed by atoms with E-state index in [1.54, 1.807) is 7.11 Å². The Morgan fingerprint density at radius 3 is 1.52 bits per heavy atom. The van der Waals surface area contributed by atoms with Crippen LogP contribution in [0.2, 0.25) is 0 Å². The number of rotatable bonds is 4. The number of ether oxygens (including phenoxy) is 1. The molecule has 3 aromatic carbocycles. The van der Waals surface area contributed by atoms with Gasteiger partial charge in [-0.05, 0) is 49.2 Å². The first-order chi connectivity index (χ1) is 14.1. The maximum Gasteiger partial charge on any atom is 0.119 e. The summed E-state index contributed by atoms with van der Waals surface area (Å²) in [5.74, 6) is 0.850. The van der Waals surface area contributed by atoms with Gasteiger partial charge in [0.05, 0.1) is 31.6 Å². The van der Waals surface area contributed by atoms with Gasteiger partial charge in [0.25, 0.3) is 0 Å². The van der Waals surface area contributed by atoms with E-state index >= 15 is 0 Å². The highest BCUT2D eigenvalue weighted by atomic mass is 16.5. The molecule has 0 atom stereocenters.